The molecule has 0 aliphatic carbocycles. The van der Waals surface area contributed by atoms with Crippen LogP contribution in [0.15, 0.2) is 48.5 Å². The van der Waals surface area contributed by atoms with Gasteiger partial charge in [-0.3, -0.25) is 0 Å². The largest absolute Gasteiger partial charge is 0.497 e. The van der Waals surface area contributed by atoms with E-state index in [9.17, 15) is 0 Å². The molecular formula is C17H18N2OS. The maximum Gasteiger partial charge on any atom is 0.119 e. The summed E-state index contributed by atoms with van der Waals surface area (Å²) in [7, 11) is 1.69. The first-order valence-electron chi connectivity index (χ1n) is 6.98. The molecule has 3 nitrogen and oxygen atoms in total. The number of hydrogen-bond acceptors (Lipinski definition) is 4. The normalized spacial score (nSPS) is 12.5. The molecule has 0 amide bonds. The highest BCUT2D eigenvalue weighted by atomic mass is 32.1. The molecule has 3 aromatic rings. The first-order chi connectivity index (χ1) is 10.3. The van der Waals surface area contributed by atoms with Gasteiger partial charge in [-0.1, -0.05) is 24.3 Å². The fraction of sp³-hybridized carbons (Fsp3) is 0.235. The Bertz CT molecular complexity index is 705. The number of methoxy groups -OCH3 is 1. The van der Waals surface area contributed by atoms with E-state index < -0.39 is 0 Å². The number of benzene rings is 2. The molecule has 0 spiro atoms. The van der Waals surface area contributed by atoms with Gasteiger partial charge in [0.1, 0.15) is 10.8 Å². The maximum absolute atomic E-state index is 5.25. The van der Waals surface area contributed by atoms with Crippen molar-refractivity contribution in [1.82, 2.24) is 10.3 Å². The van der Waals surface area contributed by atoms with Gasteiger partial charge in [0.05, 0.1) is 23.4 Å². The minimum absolute atomic E-state index is 0.230. The van der Waals surface area contributed by atoms with E-state index in [-0.39, 0.29) is 6.04 Å². The Morgan fingerprint density at radius 2 is 2.05 bits per heavy atom. The van der Waals surface area contributed by atoms with Crippen molar-refractivity contribution in [2.75, 3.05) is 7.11 Å². The third-order valence-electron chi connectivity index (χ3n) is 3.43. The molecule has 1 N–H and O–H groups in total. The Morgan fingerprint density at radius 1 is 1.19 bits per heavy atom. The summed E-state index contributed by atoms with van der Waals surface area (Å²) in [4.78, 5) is 4.69. The van der Waals surface area contributed by atoms with Gasteiger partial charge >= 0.3 is 0 Å². The number of hydrogen-bond donors (Lipinski definition) is 1. The summed E-state index contributed by atoms with van der Waals surface area (Å²) < 4.78 is 6.49. The van der Waals surface area contributed by atoms with Crippen LogP contribution in [-0.2, 0) is 6.54 Å². The molecule has 108 valence electrons. The zero-order valence-electron chi connectivity index (χ0n) is 12.2. The lowest BCUT2D eigenvalue weighted by Crippen LogP contribution is -2.17. The summed E-state index contributed by atoms with van der Waals surface area (Å²) in [6.07, 6.45) is 0. The van der Waals surface area contributed by atoms with Gasteiger partial charge < -0.3 is 10.1 Å². The van der Waals surface area contributed by atoms with Crippen LogP contribution >= 0.6 is 11.3 Å². The van der Waals surface area contributed by atoms with Crippen molar-refractivity contribution in [2.45, 2.75) is 19.5 Å². The second-order valence-corrected chi connectivity index (χ2v) is 6.04. The molecule has 1 heterocycles. The van der Waals surface area contributed by atoms with Crippen LogP contribution in [0.3, 0.4) is 0 Å². The SMILES string of the molecule is COc1cccc(CNC(C)c2nc3ccccc3s2)c1. The molecule has 0 saturated heterocycles. The minimum Gasteiger partial charge on any atom is -0.497 e. The first kappa shape index (κ1) is 14.0. The van der Waals surface area contributed by atoms with Crippen LogP contribution in [0, 0.1) is 0 Å². The van der Waals surface area contributed by atoms with E-state index in [0.717, 1.165) is 22.8 Å². The van der Waals surface area contributed by atoms with Gasteiger partial charge in [-0.15, -0.1) is 11.3 Å². The number of nitrogens with zero attached hydrogens (tertiary/aromatic N) is 1. The van der Waals surface area contributed by atoms with E-state index in [1.54, 1.807) is 18.4 Å². The lowest BCUT2D eigenvalue weighted by Gasteiger charge is -2.11. The number of rotatable bonds is 5. The summed E-state index contributed by atoms with van der Waals surface area (Å²) in [5, 5.41) is 4.64. The molecule has 21 heavy (non-hydrogen) atoms. The Labute approximate surface area is 128 Å². The number of fused-ring (bicyclic) bond motifs is 1. The summed E-state index contributed by atoms with van der Waals surface area (Å²) in [5.41, 5.74) is 2.29. The van der Waals surface area contributed by atoms with Gasteiger partial charge in [0.25, 0.3) is 0 Å². The van der Waals surface area contributed by atoms with E-state index in [1.807, 2.05) is 18.2 Å². The van der Waals surface area contributed by atoms with Crippen LogP contribution in [0.1, 0.15) is 23.5 Å². The highest BCUT2D eigenvalue weighted by molar-refractivity contribution is 7.18. The highest BCUT2D eigenvalue weighted by Crippen LogP contribution is 2.26. The zero-order valence-corrected chi connectivity index (χ0v) is 13.0. The molecule has 0 fully saturated rings. The molecule has 0 bridgehead atoms. The Morgan fingerprint density at radius 3 is 2.86 bits per heavy atom. The van der Waals surface area contributed by atoms with Crippen LogP contribution in [-0.4, -0.2) is 12.1 Å². The number of ether oxygens (including phenoxy) is 1. The minimum atomic E-state index is 0.230. The maximum atomic E-state index is 5.25. The molecule has 2 aromatic carbocycles. The van der Waals surface area contributed by atoms with Crippen molar-refractivity contribution in [2.24, 2.45) is 0 Å². The van der Waals surface area contributed by atoms with Crippen LogP contribution in [0.4, 0.5) is 0 Å². The van der Waals surface area contributed by atoms with Gasteiger partial charge in [0.15, 0.2) is 0 Å². The van der Waals surface area contributed by atoms with Crippen molar-refractivity contribution in [3.63, 3.8) is 0 Å². The van der Waals surface area contributed by atoms with Crippen LogP contribution in [0.5, 0.6) is 5.75 Å². The van der Waals surface area contributed by atoms with Crippen molar-refractivity contribution in [3.05, 3.63) is 59.1 Å². The summed E-state index contributed by atoms with van der Waals surface area (Å²) in [5.74, 6) is 0.891. The van der Waals surface area contributed by atoms with Crippen LogP contribution in [0.25, 0.3) is 10.2 Å². The fourth-order valence-electron chi connectivity index (χ4n) is 2.22. The fourth-order valence-corrected chi connectivity index (χ4v) is 3.21. The first-order valence-corrected chi connectivity index (χ1v) is 7.79. The van der Waals surface area contributed by atoms with E-state index in [1.165, 1.54) is 10.3 Å². The predicted molar refractivity (Wildman–Crippen MR) is 87.9 cm³/mol. The highest BCUT2D eigenvalue weighted by Gasteiger charge is 2.10. The molecular weight excluding hydrogens is 280 g/mol. The van der Waals surface area contributed by atoms with Gasteiger partial charge in [-0.05, 0) is 36.8 Å². The average molecular weight is 298 g/mol. The lowest BCUT2D eigenvalue weighted by atomic mass is 10.2. The summed E-state index contributed by atoms with van der Waals surface area (Å²) in [6.45, 7) is 2.95. The summed E-state index contributed by atoms with van der Waals surface area (Å²) >= 11 is 1.75. The van der Waals surface area contributed by atoms with Crippen LogP contribution in [0.2, 0.25) is 0 Å². The Hall–Kier alpha value is -1.91. The van der Waals surface area contributed by atoms with Gasteiger partial charge in [0.2, 0.25) is 0 Å². The molecule has 4 heteroatoms. The average Bonchev–Trinajstić information content (AvgIpc) is 2.97. The lowest BCUT2D eigenvalue weighted by molar-refractivity contribution is 0.414. The van der Waals surface area contributed by atoms with E-state index >= 15 is 0 Å². The zero-order chi connectivity index (χ0) is 14.7. The topological polar surface area (TPSA) is 34.1 Å². The third kappa shape index (κ3) is 3.23. The Balaban J connectivity index is 1.69. The Kier molecular flexibility index (Phi) is 4.18. The van der Waals surface area contributed by atoms with Crippen LogP contribution < -0.4 is 10.1 Å². The van der Waals surface area contributed by atoms with E-state index in [4.69, 9.17) is 4.74 Å². The number of aromatic nitrogens is 1. The van der Waals surface area contributed by atoms with Gasteiger partial charge in [-0.25, -0.2) is 4.98 Å². The third-order valence-corrected chi connectivity index (χ3v) is 4.65. The van der Waals surface area contributed by atoms with E-state index in [2.05, 4.69) is 47.6 Å². The number of nitrogens with one attached hydrogen (secondary N) is 1. The molecule has 3 rings (SSSR count). The molecule has 1 unspecified atom stereocenters. The van der Waals surface area contributed by atoms with Crippen molar-refractivity contribution < 1.29 is 4.74 Å². The quantitative estimate of drug-likeness (QED) is 0.768. The molecule has 1 atom stereocenters. The van der Waals surface area contributed by atoms with Crippen molar-refractivity contribution in [1.29, 1.82) is 0 Å². The predicted octanol–water partition coefficient (Wildman–Crippen LogP) is 4.16. The van der Waals surface area contributed by atoms with E-state index in [0.29, 0.717) is 0 Å². The molecule has 0 radical (unpaired) electrons. The number of para-hydroxylation sites is 1. The molecule has 0 aliphatic heterocycles. The van der Waals surface area contributed by atoms with Crippen molar-refractivity contribution in [3.8, 4) is 5.75 Å². The van der Waals surface area contributed by atoms with Gasteiger partial charge in [-0.2, -0.15) is 0 Å². The summed E-state index contributed by atoms with van der Waals surface area (Å²) in [6, 6.07) is 16.6. The molecule has 0 aliphatic rings. The van der Waals surface area contributed by atoms with Crippen molar-refractivity contribution >= 4 is 21.6 Å². The smallest absolute Gasteiger partial charge is 0.119 e. The number of thiazole rings is 1. The molecule has 1 aromatic heterocycles. The second kappa shape index (κ2) is 6.24. The molecule has 0 saturated carbocycles. The monoisotopic (exact) mass is 298 g/mol. The van der Waals surface area contributed by atoms with Gasteiger partial charge in [0, 0.05) is 6.54 Å². The standard InChI is InChI=1S/C17H18N2OS/c1-12(17-19-15-8-3-4-9-16(15)21-17)18-11-13-6-5-7-14(10-13)20-2/h3-10,12,18H,11H2,1-2H3. The second-order valence-electron chi connectivity index (χ2n) is 4.97.